The monoisotopic (exact) mass is 340 g/mol. The highest BCUT2D eigenvalue weighted by atomic mass is 19.4. The van der Waals surface area contributed by atoms with Crippen molar-refractivity contribution in [1.82, 2.24) is 0 Å². The summed E-state index contributed by atoms with van der Waals surface area (Å²) in [6.45, 7) is 3.18. The van der Waals surface area contributed by atoms with Gasteiger partial charge in [0.15, 0.2) is 0 Å². The van der Waals surface area contributed by atoms with Crippen LogP contribution in [0.2, 0.25) is 0 Å². The largest absolute Gasteiger partial charge is 0.465 e. The van der Waals surface area contributed by atoms with Crippen LogP contribution >= 0.6 is 0 Å². The summed E-state index contributed by atoms with van der Waals surface area (Å²) in [4.78, 5) is 11.6. The van der Waals surface area contributed by atoms with Gasteiger partial charge in [-0.15, -0.1) is 0 Å². The minimum atomic E-state index is -6.39. The molecule has 1 atom stereocenters. The molecule has 0 amide bonds. The summed E-state index contributed by atoms with van der Waals surface area (Å²) < 4.78 is 93.2. The lowest BCUT2D eigenvalue weighted by molar-refractivity contribution is -0.357. The molecule has 0 saturated heterocycles. The summed E-state index contributed by atoms with van der Waals surface area (Å²) in [6.07, 6.45) is -7.29. The van der Waals surface area contributed by atoms with Crippen LogP contribution in [0.25, 0.3) is 0 Å². The molecule has 0 saturated carbocycles. The summed E-state index contributed by atoms with van der Waals surface area (Å²) in [7, 11) is 0. The fourth-order valence-electron chi connectivity index (χ4n) is 1.73. The van der Waals surface area contributed by atoms with Gasteiger partial charge in [-0.2, -0.15) is 30.7 Å². The number of hydrogen-bond acceptors (Lipinski definition) is 2. The summed E-state index contributed by atoms with van der Waals surface area (Å²) in [5.74, 6) is -14.5. The molecule has 0 aromatic heterocycles. The Hall–Kier alpha value is -1.02. The summed E-state index contributed by atoms with van der Waals surface area (Å²) in [6, 6.07) is 0. The highest BCUT2D eigenvalue weighted by Crippen LogP contribution is 2.49. The maximum Gasteiger partial charge on any atom is 0.459 e. The van der Waals surface area contributed by atoms with Crippen molar-refractivity contribution in [3.05, 3.63) is 0 Å². The molecule has 0 radical (unpaired) electrons. The minimum Gasteiger partial charge on any atom is -0.465 e. The molecule has 2 nitrogen and oxygen atoms in total. The van der Waals surface area contributed by atoms with Gasteiger partial charge in [0, 0.05) is 6.42 Å². The molecule has 0 aliphatic carbocycles. The molecular formula is C13H19F7O2. The van der Waals surface area contributed by atoms with Crippen molar-refractivity contribution in [3.8, 4) is 0 Å². The summed E-state index contributed by atoms with van der Waals surface area (Å²) >= 11 is 0. The van der Waals surface area contributed by atoms with Gasteiger partial charge in [-0.05, 0) is 12.8 Å². The van der Waals surface area contributed by atoms with Crippen molar-refractivity contribution in [2.24, 2.45) is 5.92 Å². The van der Waals surface area contributed by atoms with Crippen LogP contribution < -0.4 is 0 Å². The van der Waals surface area contributed by atoms with E-state index in [-0.39, 0.29) is 19.4 Å². The zero-order chi connectivity index (χ0) is 17.6. The molecule has 132 valence electrons. The highest BCUT2D eigenvalue weighted by Gasteiger charge is 2.73. The second-order valence-corrected chi connectivity index (χ2v) is 4.99. The normalized spacial score (nSPS) is 14.8. The van der Waals surface area contributed by atoms with Gasteiger partial charge < -0.3 is 4.74 Å². The van der Waals surface area contributed by atoms with Crippen LogP contribution in [0, 0.1) is 5.92 Å². The van der Waals surface area contributed by atoms with Gasteiger partial charge in [-0.25, -0.2) is 0 Å². The first kappa shape index (κ1) is 21.0. The summed E-state index contributed by atoms with van der Waals surface area (Å²) in [5, 5.41) is 0. The maximum atomic E-state index is 13.3. The average molecular weight is 340 g/mol. The van der Waals surface area contributed by atoms with Crippen molar-refractivity contribution < 1.29 is 40.3 Å². The first-order valence-corrected chi connectivity index (χ1v) is 6.89. The Morgan fingerprint density at radius 3 is 1.95 bits per heavy atom. The smallest absolute Gasteiger partial charge is 0.459 e. The Morgan fingerprint density at radius 1 is 1.00 bits per heavy atom. The van der Waals surface area contributed by atoms with Crippen LogP contribution in [0.3, 0.4) is 0 Å². The standard InChI is InChI=1S/C13H19F7O2/c1-3-5-7-22-10(21)9(6-4-2)8-11(14,15)12(16,17)13(18,19)20/h9H,3-8H2,1-2H3. The van der Waals surface area contributed by atoms with Gasteiger partial charge in [-0.1, -0.05) is 26.7 Å². The molecule has 0 aliphatic heterocycles. The second-order valence-electron chi connectivity index (χ2n) is 4.99. The predicted molar refractivity (Wildman–Crippen MR) is 64.8 cm³/mol. The van der Waals surface area contributed by atoms with E-state index in [1.165, 1.54) is 6.92 Å². The van der Waals surface area contributed by atoms with Gasteiger partial charge in [0.2, 0.25) is 0 Å². The number of carbonyl (C=O) groups is 1. The maximum absolute atomic E-state index is 13.3. The van der Waals surface area contributed by atoms with Gasteiger partial charge in [0.05, 0.1) is 12.5 Å². The molecule has 0 spiro atoms. The van der Waals surface area contributed by atoms with Gasteiger partial charge >= 0.3 is 24.0 Å². The molecular weight excluding hydrogens is 321 g/mol. The Morgan fingerprint density at radius 2 is 1.55 bits per heavy atom. The number of carbonyl (C=O) groups excluding carboxylic acids is 1. The van der Waals surface area contributed by atoms with E-state index >= 15 is 0 Å². The minimum absolute atomic E-state index is 0.0865. The number of unbranched alkanes of at least 4 members (excludes halogenated alkanes) is 1. The van der Waals surface area contributed by atoms with Crippen LogP contribution in [0.5, 0.6) is 0 Å². The lowest BCUT2D eigenvalue weighted by Crippen LogP contribution is -2.53. The van der Waals surface area contributed by atoms with E-state index in [2.05, 4.69) is 4.74 Å². The fourth-order valence-corrected chi connectivity index (χ4v) is 1.73. The molecule has 0 aliphatic rings. The zero-order valence-electron chi connectivity index (χ0n) is 12.3. The van der Waals surface area contributed by atoms with Crippen molar-refractivity contribution in [3.63, 3.8) is 0 Å². The molecule has 0 fully saturated rings. The van der Waals surface area contributed by atoms with E-state index in [4.69, 9.17) is 0 Å². The molecule has 0 N–H and O–H groups in total. The third kappa shape index (κ3) is 5.31. The third-order valence-corrected chi connectivity index (χ3v) is 3.03. The Bertz CT molecular complexity index is 353. The summed E-state index contributed by atoms with van der Waals surface area (Å²) in [5.41, 5.74) is 0. The Balaban J connectivity index is 5.03. The van der Waals surface area contributed by atoms with Crippen LogP contribution in [0.4, 0.5) is 30.7 Å². The second kappa shape index (κ2) is 8.01. The molecule has 0 aromatic carbocycles. The van der Waals surface area contributed by atoms with Crippen molar-refractivity contribution in [2.45, 2.75) is 64.0 Å². The van der Waals surface area contributed by atoms with Crippen LogP contribution in [-0.4, -0.2) is 30.6 Å². The van der Waals surface area contributed by atoms with E-state index in [9.17, 15) is 35.5 Å². The predicted octanol–water partition coefficient (Wildman–Crippen LogP) is 4.97. The van der Waals surface area contributed by atoms with E-state index < -0.39 is 36.3 Å². The van der Waals surface area contributed by atoms with Crippen molar-refractivity contribution in [1.29, 1.82) is 0 Å². The van der Waals surface area contributed by atoms with E-state index in [0.29, 0.717) is 12.8 Å². The molecule has 0 aromatic rings. The van der Waals surface area contributed by atoms with Gasteiger partial charge in [0.25, 0.3) is 0 Å². The number of ether oxygens (including phenoxy) is 1. The fraction of sp³-hybridized carbons (Fsp3) is 0.923. The van der Waals surface area contributed by atoms with Crippen LogP contribution in [0.1, 0.15) is 46.0 Å². The number of rotatable bonds is 9. The lowest BCUT2D eigenvalue weighted by atomic mass is 9.93. The number of hydrogen-bond donors (Lipinski definition) is 0. The number of alkyl halides is 7. The van der Waals surface area contributed by atoms with Gasteiger partial charge in [0.1, 0.15) is 0 Å². The molecule has 0 bridgehead atoms. The first-order chi connectivity index (χ1) is 9.90. The first-order valence-electron chi connectivity index (χ1n) is 6.89. The number of esters is 1. The Kier molecular flexibility index (Phi) is 7.64. The molecule has 0 rings (SSSR count). The highest BCUT2D eigenvalue weighted by molar-refractivity contribution is 5.72. The number of halogens is 7. The van der Waals surface area contributed by atoms with Crippen LogP contribution in [-0.2, 0) is 9.53 Å². The van der Waals surface area contributed by atoms with Crippen LogP contribution in [0.15, 0.2) is 0 Å². The molecule has 1 unspecified atom stereocenters. The molecule has 22 heavy (non-hydrogen) atoms. The van der Waals surface area contributed by atoms with Crippen molar-refractivity contribution in [2.75, 3.05) is 6.61 Å². The third-order valence-electron chi connectivity index (χ3n) is 3.03. The van der Waals surface area contributed by atoms with E-state index in [0.717, 1.165) is 0 Å². The SMILES string of the molecule is CCCCOC(=O)C(CCC)CC(F)(F)C(F)(F)C(F)(F)F. The lowest BCUT2D eigenvalue weighted by Gasteiger charge is -2.30. The quantitative estimate of drug-likeness (QED) is 0.337. The topological polar surface area (TPSA) is 26.3 Å². The van der Waals surface area contributed by atoms with E-state index in [1.54, 1.807) is 6.92 Å². The zero-order valence-corrected chi connectivity index (χ0v) is 12.3. The molecule has 0 heterocycles. The average Bonchev–Trinajstić information content (AvgIpc) is 2.36. The van der Waals surface area contributed by atoms with E-state index in [1.807, 2.05) is 0 Å². The van der Waals surface area contributed by atoms with Gasteiger partial charge in [-0.3, -0.25) is 4.79 Å². The van der Waals surface area contributed by atoms with Crippen molar-refractivity contribution >= 4 is 5.97 Å². The molecule has 9 heteroatoms. The Labute approximate surface area is 124 Å².